The van der Waals surface area contributed by atoms with Gasteiger partial charge < -0.3 is 0 Å². The van der Waals surface area contributed by atoms with E-state index in [0.717, 1.165) is 21.5 Å². The van der Waals surface area contributed by atoms with Crippen LogP contribution in [0, 0.1) is 11.9 Å². The molecule has 0 unspecified atom stereocenters. The van der Waals surface area contributed by atoms with E-state index in [-0.39, 0.29) is 25.9 Å². The third-order valence-corrected chi connectivity index (χ3v) is 3.11. The van der Waals surface area contributed by atoms with Gasteiger partial charge in [-0.1, -0.05) is 0 Å². The van der Waals surface area contributed by atoms with Crippen LogP contribution in [0.2, 0.25) is 0 Å². The van der Waals surface area contributed by atoms with Crippen LogP contribution in [0.15, 0.2) is 36.0 Å². The first kappa shape index (κ1) is 12.3. The third-order valence-electron chi connectivity index (χ3n) is 2.29. The predicted molar refractivity (Wildman–Crippen MR) is 61.6 cm³/mol. The molecule has 0 aliphatic rings. The minimum absolute atomic E-state index is 0. The maximum absolute atomic E-state index is 12.8. The maximum atomic E-state index is 12.8. The van der Waals surface area contributed by atoms with Gasteiger partial charge in [0.15, 0.2) is 0 Å². The van der Waals surface area contributed by atoms with Crippen molar-refractivity contribution >= 4 is 21.6 Å². The van der Waals surface area contributed by atoms with Crippen molar-refractivity contribution in [3.8, 4) is 11.3 Å². The molecule has 1 aromatic carbocycles. The second kappa shape index (κ2) is 5.00. The fourth-order valence-corrected chi connectivity index (χ4v) is 2.29. The molecule has 2 aromatic heterocycles. The summed E-state index contributed by atoms with van der Waals surface area (Å²) in [6, 6.07) is 9.24. The zero-order chi connectivity index (χ0) is 11.0. The summed E-state index contributed by atoms with van der Waals surface area (Å²) in [6.45, 7) is 0. The molecule has 87 valence electrons. The predicted octanol–water partition coefficient (Wildman–Crippen LogP) is 3.30. The largest absolute Gasteiger partial charge is 0.285 e. The number of hydrogen-bond acceptors (Lipinski definition) is 3. The first-order valence-electron chi connectivity index (χ1n) is 4.70. The second-order valence-corrected chi connectivity index (χ2v) is 4.18. The molecule has 0 spiro atoms. The Kier molecular flexibility index (Phi) is 3.62. The fourth-order valence-electron chi connectivity index (χ4n) is 1.56. The van der Waals surface area contributed by atoms with Crippen LogP contribution in [-0.2, 0) is 20.1 Å². The Balaban J connectivity index is 0.00000108. The fraction of sp³-hybridized carbons (Fsp3) is 0. The maximum Gasteiger partial charge on any atom is 0.117 e. The smallest absolute Gasteiger partial charge is 0.117 e. The van der Waals surface area contributed by atoms with Gasteiger partial charge in [0, 0.05) is 25.9 Å². The van der Waals surface area contributed by atoms with E-state index in [4.69, 9.17) is 0 Å². The van der Waals surface area contributed by atoms with Crippen molar-refractivity contribution in [2.45, 2.75) is 0 Å². The van der Waals surface area contributed by atoms with Gasteiger partial charge in [0.2, 0.25) is 0 Å². The minimum Gasteiger partial charge on any atom is -0.285 e. The molecule has 3 rings (SSSR count). The molecule has 1 radical (unpaired) electrons. The van der Waals surface area contributed by atoms with Crippen LogP contribution in [0.3, 0.4) is 0 Å². The zero-order valence-electron chi connectivity index (χ0n) is 8.48. The molecule has 0 saturated heterocycles. The van der Waals surface area contributed by atoms with Crippen LogP contribution >= 0.6 is 11.3 Å². The van der Waals surface area contributed by atoms with Crippen LogP contribution < -0.4 is 0 Å². The molecular formula is C12H6FIrN2S-. The first-order valence-corrected chi connectivity index (χ1v) is 5.58. The van der Waals surface area contributed by atoms with Crippen molar-refractivity contribution in [3.63, 3.8) is 0 Å². The molecule has 3 aromatic rings. The van der Waals surface area contributed by atoms with Gasteiger partial charge >= 0.3 is 0 Å². The molecule has 0 fully saturated rings. The summed E-state index contributed by atoms with van der Waals surface area (Å²) in [5.74, 6) is -0.292. The summed E-state index contributed by atoms with van der Waals surface area (Å²) in [5, 5.41) is 2.95. The Morgan fingerprint density at radius 3 is 2.82 bits per heavy atom. The van der Waals surface area contributed by atoms with Gasteiger partial charge in [0.25, 0.3) is 0 Å². The number of benzene rings is 1. The molecule has 5 heteroatoms. The van der Waals surface area contributed by atoms with Crippen LogP contribution in [0.5, 0.6) is 0 Å². The number of hydrogen-bond donors (Lipinski definition) is 0. The van der Waals surface area contributed by atoms with Gasteiger partial charge in [-0.2, -0.15) is 0 Å². The summed E-state index contributed by atoms with van der Waals surface area (Å²) in [5.41, 5.74) is 1.58. The van der Waals surface area contributed by atoms with Crippen LogP contribution in [-0.4, -0.2) is 9.97 Å². The molecule has 2 nitrogen and oxygen atoms in total. The van der Waals surface area contributed by atoms with Crippen molar-refractivity contribution in [2.75, 3.05) is 0 Å². The Labute approximate surface area is 115 Å². The molecule has 0 aliphatic carbocycles. The second-order valence-electron chi connectivity index (χ2n) is 3.28. The van der Waals surface area contributed by atoms with Crippen LogP contribution in [0.25, 0.3) is 21.5 Å². The summed E-state index contributed by atoms with van der Waals surface area (Å²) < 4.78 is 12.8. The third kappa shape index (κ3) is 2.27. The molecule has 0 aliphatic heterocycles. The zero-order valence-corrected chi connectivity index (χ0v) is 11.7. The Hall–Kier alpha value is -1.16. The molecule has 0 bridgehead atoms. The van der Waals surface area contributed by atoms with Gasteiger partial charge in [-0.3, -0.25) is 9.37 Å². The number of thiophene rings is 1. The van der Waals surface area contributed by atoms with Crippen molar-refractivity contribution in [2.24, 2.45) is 0 Å². The Bertz CT molecular complexity index is 636. The number of fused-ring (bicyclic) bond motifs is 1. The number of rotatable bonds is 1. The molecule has 0 amide bonds. The van der Waals surface area contributed by atoms with E-state index in [1.807, 2.05) is 11.4 Å². The van der Waals surface area contributed by atoms with Gasteiger partial charge in [-0.25, -0.2) is 4.98 Å². The minimum atomic E-state index is -0.292. The molecule has 17 heavy (non-hydrogen) atoms. The van der Waals surface area contributed by atoms with E-state index in [9.17, 15) is 4.39 Å². The Morgan fingerprint density at radius 2 is 2.06 bits per heavy atom. The first-order chi connectivity index (χ1) is 7.84. The van der Waals surface area contributed by atoms with Crippen molar-refractivity contribution in [3.05, 3.63) is 47.9 Å². The average molecular weight is 421 g/mol. The van der Waals surface area contributed by atoms with Crippen LogP contribution in [0.4, 0.5) is 4.39 Å². The quantitative estimate of drug-likeness (QED) is 0.564. The summed E-state index contributed by atoms with van der Waals surface area (Å²) >= 11 is 1.56. The van der Waals surface area contributed by atoms with E-state index < -0.39 is 0 Å². The summed E-state index contributed by atoms with van der Waals surface area (Å²) in [6.07, 6.45) is 1.52. The van der Waals surface area contributed by atoms with Crippen LogP contribution in [0.1, 0.15) is 0 Å². The average Bonchev–Trinajstić information content (AvgIpc) is 2.78. The van der Waals surface area contributed by atoms with Gasteiger partial charge in [-0.15, -0.1) is 41.2 Å². The van der Waals surface area contributed by atoms with Crippen molar-refractivity contribution < 1.29 is 24.5 Å². The SMILES string of the molecule is Fc1c[c-]c(-c2ncnc3sccc23)cc1.[Ir]. The topological polar surface area (TPSA) is 25.8 Å². The van der Waals surface area contributed by atoms with E-state index in [1.54, 1.807) is 17.4 Å². The molecule has 0 saturated carbocycles. The van der Waals surface area contributed by atoms with Crippen molar-refractivity contribution in [1.29, 1.82) is 0 Å². The number of halogens is 1. The molecule has 0 N–H and O–H groups in total. The summed E-state index contributed by atoms with van der Waals surface area (Å²) in [4.78, 5) is 9.32. The molecular weight excluding hydrogens is 415 g/mol. The molecule has 0 atom stereocenters. The van der Waals surface area contributed by atoms with Gasteiger partial charge in [-0.05, 0) is 22.5 Å². The normalized spacial score (nSPS) is 10.2. The van der Waals surface area contributed by atoms with E-state index in [1.165, 1.54) is 18.5 Å². The monoisotopic (exact) mass is 422 g/mol. The summed E-state index contributed by atoms with van der Waals surface area (Å²) in [7, 11) is 0. The van der Waals surface area contributed by atoms with E-state index >= 15 is 0 Å². The molecule has 2 heterocycles. The Morgan fingerprint density at radius 1 is 1.18 bits per heavy atom. The van der Waals surface area contributed by atoms with E-state index in [0.29, 0.717) is 0 Å². The standard InChI is InChI=1S/C12H6FN2S.Ir/c13-9-3-1-8(2-4-9)11-10-5-6-16-12(10)15-7-14-11;/h1,3-7H;/q-1;. The number of aromatic nitrogens is 2. The number of nitrogens with zero attached hydrogens (tertiary/aromatic N) is 2. The van der Waals surface area contributed by atoms with Crippen molar-refractivity contribution in [1.82, 2.24) is 9.97 Å². The van der Waals surface area contributed by atoms with Gasteiger partial charge in [0.1, 0.15) is 11.2 Å². The van der Waals surface area contributed by atoms with E-state index in [2.05, 4.69) is 16.0 Å². The van der Waals surface area contributed by atoms with Gasteiger partial charge in [0.05, 0.1) is 0 Å².